The van der Waals surface area contributed by atoms with E-state index >= 15 is 0 Å². The predicted molar refractivity (Wildman–Crippen MR) is 160 cm³/mol. The number of carboxylic acids is 1. The highest BCUT2D eigenvalue weighted by Gasteiger charge is 2.55. The van der Waals surface area contributed by atoms with Crippen LogP contribution in [0.15, 0.2) is 48.5 Å². The zero-order valence-corrected chi connectivity index (χ0v) is 25.2. The van der Waals surface area contributed by atoms with Crippen molar-refractivity contribution >= 4 is 17.8 Å². The molecule has 2 amide bonds. The molecule has 6 atom stereocenters. The number of hydrogen-bond acceptors (Lipinski definition) is 13. The standard InChI is InChI=1S/C31H38N2O14/c1-2-11-43-12-13-44-14-15-45-31(30(41)42)16-23(36)26(33-25(38)18-34)28(47-31)27(39)24(37)17-32-29(40)19-3-7-21(8-4-19)46-22-9-5-20(35)6-10-22/h1,3-10,23-24,26-28,34-37,39H,11-18H2,(H,32,40)(H,33,38)(H,41,42)/t23-,24+,26+,27+,28+,31+/m0/s1. The Balaban J connectivity index is 1.64. The Morgan fingerprint density at radius 2 is 1.62 bits per heavy atom. The lowest BCUT2D eigenvalue weighted by Crippen LogP contribution is -2.68. The first-order chi connectivity index (χ1) is 22.5. The molecule has 47 heavy (non-hydrogen) atoms. The molecule has 3 rings (SSSR count). The van der Waals surface area contributed by atoms with Gasteiger partial charge in [-0.2, -0.15) is 0 Å². The molecule has 1 aliphatic heterocycles. The summed E-state index contributed by atoms with van der Waals surface area (Å²) in [5.41, 5.74) is 0.172. The van der Waals surface area contributed by atoms with Gasteiger partial charge in [0.05, 0.1) is 44.7 Å². The minimum atomic E-state index is -2.53. The molecule has 1 aliphatic rings. The highest BCUT2D eigenvalue weighted by Crippen LogP contribution is 2.33. The fourth-order valence-electron chi connectivity index (χ4n) is 4.53. The van der Waals surface area contributed by atoms with E-state index in [9.17, 15) is 45.0 Å². The fourth-order valence-corrected chi connectivity index (χ4v) is 4.53. The topological polar surface area (TPSA) is 243 Å². The summed E-state index contributed by atoms with van der Waals surface area (Å²) < 4.78 is 27.1. The van der Waals surface area contributed by atoms with Gasteiger partial charge in [0.15, 0.2) is 0 Å². The van der Waals surface area contributed by atoms with Gasteiger partial charge in [-0.1, -0.05) is 5.92 Å². The summed E-state index contributed by atoms with van der Waals surface area (Å²) in [4.78, 5) is 37.0. The van der Waals surface area contributed by atoms with Crippen LogP contribution in [0, 0.1) is 12.3 Å². The number of phenolic OH excluding ortho intramolecular Hbond substituents is 1. The van der Waals surface area contributed by atoms with Crippen LogP contribution in [0.5, 0.6) is 17.2 Å². The van der Waals surface area contributed by atoms with E-state index in [0.29, 0.717) is 11.5 Å². The maximum Gasteiger partial charge on any atom is 0.364 e. The average Bonchev–Trinajstić information content (AvgIpc) is 3.06. The number of aliphatic hydroxyl groups is 4. The van der Waals surface area contributed by atoms with Gasteiger partial charge in [0.2, 0.25) is 5.91 Å². The fraction of sp³-hybridized carbons (Fsp3) is 0.452. The number of ether oxygens (including phenoxy) is 5. The Hall–Kier alpha value is -4.31. The Kier molecular flexibility index (Phi) is 14.3. The molecule has 1 saturated heterocycles. The van der Waals surface area contributed by atoms with E-state index in [1.54, 1.807) is 12.1 Å². The minimum absolute atomic E-state index is 0.0727. The van der Waals surface area contributed by atoms with Crippen molar-refractivity contribution in [3.8, 4) is 29.6 Å². The third kappa shape index (κ3) is 10.9. The molecule has 2 aromatic rings. The van der Waals surface area contributed by atoms with E-state index in [2.05, 4.69) is 16.6 Å². The van der Waals surface area contributed by atoms with Crippen LogP contribution in [-0.4, -0.2) is 131 Å². The SMILES string of the molecule is C#CCOCCOCCO[C@]1(C(=O)O)C[C@H](O)[C@@H](NC(=O)CO)[C@H]([C@H](O)[C@H](O)CNC(=O)c2ccc(Oc3ccc(O)cc3)cc2)O1. The number of benzene rings is 2. The van der Waals surface area contributed by atoms with Crippen LogP contribution in [0.25, 0.3) is 0 Å². The van der Waals surface area contributed by atoms with Crippen LogP contribution in [0.3, 0.4) is 0 Å². The van der Waals surface area contributed by atoms with Crippen LogP contribution in [0.1, 0.15) is 16.8 Å². The first kappa shape index (κ1) is 37.2. The van der Waals surface area contributed by atoms with E-state index in [1.165, 1.54) is 36.4 Å². The second kappa shape index (κ2) is 18.1. The van der Waals surface area contributed by atoms with Crippen molar-refractivity contribution in [2.24, 2.45) is 0 Å². The smallest absolute Gasteiger partial charge is 0.364 e. The van der Waals surface area contributed by atoms with Crippen LogP contribution in [-0.2, 0) is 28.5 Å². The highest BCUT2D eigenvalue weighted by molar-refractivity contribution is 5.94. The molecule has 2 aromatic carbocycles. The van der Waals surface area contributed by atoms with Crippen molar-refractivity contribution in [1.29, 1.82) is 0 Å². The van der Waals surface area contributed by atoms with Gasteiger partial charge in [0, 0.05) is 18.5 Å². The van der Waals surface area contributed by atoms with E-state index in [4.69, 9.17) is 30.1 Å². The molecule has 1 heterocycles. The van der Waals surface area contributed by atoms with Crippen molar-refractivity contribution < 1.29 is 68.7 Å². The molecule has 256 valence electrons. The number of terminal acetylenes is 1. The van der Waals surface area contributed by atoms with E-state index in [0.717, 1.165) is 0 Å². The molecule has 0 bridgehead atoms. The number of rotatable bonds is 18. The largest absolute Gasteiger partial charge is 0.508 e. The van der Waals surface area contributed by atoms with E-state index < -0.39 is 73.6 Å². The number of carbonyl (C=O) groups is 3. The van der Waals surface area contributed by atoms with Crippen molar-refractivity contribution in [3.63, 3.8) is 0 Å². The summed E-state index contributed by atoms with van der Waals surface area (Å²) in [6, 6.07) is 10.4. The molecule has 0 saturated carbocycles. The summed E-state index contributed by atoms with van der Waals surface area (Å²) >= 11 is 0. The summed E-state index contributed by atoms with van der Waals surface area (Å²) in [6.07, 6.45) is -2.87. The number of amides is 2. The van der Waals surface area contributed by atoms with Crippen molar-refractivity contribution in [1.82, 2.24) is 10.6 Å². The molecule has 0 aliphatic carbocycles. The zero-order chi connectivity index (χ0) is 34.4. The number of aliphatic hydroxyl groups excluding tert-OH is 4. The van der Waals surface area contributed by atoms with Gasteiger partial charge in [0.1, 0.15) is 42.7 Å². The monoisotopic (exact) mass is 662 g/mol. The number of nitrogens with one attached hydrogen (secondary N) is 2. The maximum atomic E-state index is 12.7. The summed E-state index contributed by atoms with van der Waals surface area (Å²) in [5, 5.41) is 65.9. The molecule has 1 fully saturated rings. The molecule has 0 aromatic heterocycles. The lowest BCUT2D eigenvalue weighted by molar-refractivity contribution is -0.312. The molecular weight excluding hydrogens is 624 g/mol. The number of aromatic hydroxyl groups is 1. The molecule has 16 nitrogen and oxygen atoms in total. The molecule has 0 unspecified atom stereocenters. The van der Waals surface area contributed by atoms with E-state index in [-0.39, 0.29) is 44.3 Å². The zero-order valence-electron chi connectivity index (χ0n) is 25.2. The predicted octanol–water partition coefficient (Wildman–Crippen LogP) is -1.27. The highest BCUT2D eigenvalue weighted by atomic mass is 16.7. The first-order valence-corrected chi connectivity index (χ1v) is 14.4. The molecule has 8 N–H and O–H groups in total. The summed E-state index contributed by atoms with van der Waals surface area (Å²) in [5.74, 6) is -2.60. The summed E-state index contributed by atoms with van der Waals surface area (Å²) in [7, 11) is 0. The third-order valence-corrected chi connectivity index (χ3v) is 6.88. The Bertz CT molecular complexity index is 1350. The lowest BCUT2D eigenvalue weighted by Gasteiger charge is -2.46. The van der Waals surface area contributed by atoms with Crippen LogP contribution < -0.4 is 15.4 Å². The first-order valence-electron chi connectivity index (χ1n) is 14.4. The number of phenols is 1. The van der Waals surface area contributed by atoms with Crippen LogP contribution in [0.2, 0.25) is 0 Å². The van der Waals surface area contributed by atoms with Gasteiger partial charge in [-0.3, -0.25) is 9.59 Å². The van der Waals surface area contributed by atoms with Gasteiger partial charge in [-0.25, -0.2) is 4.79 Å². The molecule has 16 heteroatoms. The van der Waals surface area contributed by atoms with E-state index in [1.807, 2.05) is 0 Å². The number of aliphatic carboxylic acids is 1. The van der Waals surface area contributed by atoms with Crippen molar-refractivity contribution in [2.45, 2.75) is 42.7 Å². The second-order valence-electron chi connectivity index (χ2n) is 10.3. The van der Waals surface area contributed by atoms with Gasteiger partial charge >= 0.3 is 5.97 Å². The number of carboxylic acid groups (broad SMARTS) is 1. The van der Waals surface area contributed by atoms with Gasteiger partial charge in [-0.05, 0) is 48.5 Å². The normalized spacial score (nSPS) is 22.0. The average molecular weight is 663 g/mol. The Morgan fingerprint density at radius 1 is 1.00 bits per heavy atom. The van der Waals surface area contributed by atoms with Crippen LogP contribution in [0.4, 0.5) is 0 Å². The molecule has 0 radical (unpaired) electrons. The van der Waals surface area contributed by atoms with Gasteiger partial charge < -0.3 is 65.0 Å². The lowest BCUT2D eigenvalue weighted by atomic mass is 9.88. The second-order valence-corrected chi connectivity index (χ2v) is 10.3. The third-order valence-electron chi connectivity index (χ3n) is 6.88. The molecular formula is C31H38N2O14. The number of hydrogen-bond donors (Lipinski definition) is 8. The van der Waals surface area contributed by atoms with Crippen molar-refractivity contribution in [3.05, 3.63) is 54.1 Å². The van der Waals surface area contributed by atoms with Crippen LogP contribution >= 0.6 is 0 Å². The maximum absolute atomic E-state index is 12.7. The van der Waals surface area contributed by atoms with Gasteiger partial charge in [-0.15, -0.1) is 6.42 Å². The van der Waals surface area contributed by atoms with Crippen molar-refractivity contribution in [2.75, 3.05) is 46.2 Å². The quantitative estimate of drug-likeness (QED) is 0.0686. The van der Waals surface area contributed by atoms with Gasteiger partial charge in [0.25, 0.3) is 11.7 Å². The number of carbonyl (C=O) groups excluding carboxylic acids is 2. The Morgan fingerprint density at radius 3 is 2.23 bits per heavy atom. The molecule has 0 spiro atoms. The minimum Gasteiger partial charge on any atom is -0.508 e. The summed E-state index contributed by atoms with van der Waals surface area (Å²) in [6.45, 7) is -1.59. The Labute approximate surface area is 269 Å².